The number of benzene rings is 3. The van der Waals surface area contributed by atoms with Crippen LogP contribution in [-0.4, -0.2) is 10.2 Å². The summed E-state index contributed by atoms with van der Waals surface area (Å²) >= 11 is 6.13. The highest BCUT2D eigenvalue weighted by atomic mass is 35.5. The molecular weight excluding hydrogens is 356 g/mol. The van der Waals surface area contributed by atoms with Gasteiger partial charge in [-0.2, -0.15) is 0 Å². The predicted molar refractivity (Wildman–Crippen MR) is 112 cm³/mol. The van der Waals surface area contributed by atoms with Crippen molar-refractivity contribution in [3.05, 3.63) is 92.5 Å². The Morgan fingerprint density at radius 1 is 0.630 bits per heavy atom. The van der Waals surface area contributed by atoms with E-state index < -0.39 is 5.41 Å². The van der Waals surface area contributed by atoms with Crippen LogP contribution in [0.2, 0.25) is 5.02 Å². The number of hydrogen-bond acceptors (Lipinski definition) is 2. The summed E-state index contributed by atoms with van der Waals surface area (Å²) in [6.07, 6.45) is 0. The lowest BCUT2D eigenvalue weighted by Crippen LogP contribution is -2.26. The van der Waals surface area contributed by atoms with Crippen LogP contribution in [0.25, 0.3) is 0 Å². The SMILES string of the molecule is Cc1cc(C(C)(c2ccc(Cl)cc2)c2cc(C)c(O)c(C)c2)cc(C)c1O. The highest BCUT2D eigenvalue weighted by molar-refractivity contribution is 6.30. The second-order valence-electron chi connectivity index (χ2n) is 7.55. The van der Waals surface area contributed by atoms with Crippen LogP contribution in [0.1, 0.15) is 45.9 Å². The molecule has 140 valence electrons. The average molecular weight is 381 g/mol. The third-order valence-corrected chi connectivity index (χ3v) is 5.81. The third-order valence-electron chi connectivity index (χ3n) is 5.56. The lowest BCUT2D eigenvalue weighted by molar-refractivity contribution is 0.465. The molecule has 0 atom stereocenters. The Hall–Kier alpha value is -2.45. The fourth-order valence-corrected chi connectivity index (χ4v) is 3.90. The quantitative estimate of drug-likeness (QED) is 0.520. The van der Waals surface area contributed by atoms with Gasteiger partial charge in [0.15, 0.2) is 0 Å². The van der Waals surface area contributed by atoms with Crippen LogP contribution in [0, 0.1) is 27.7 Å². The van der Waals surface area contributed by atoms with Crippen molar-refractivity contribution in [1.82, 2.24) is 0 Å². The molecule has 0 saturated carbocycles. The summed E-state index contributed by atoms with van der Waals surface area (Å²) in [6.45, 7) is 9.85. The fourth-order valence-electron chi connectivity index (χ4n) is 3.77. The minimum absolute atomic E-state index is 0.329. The summed E-state index contributed by atoms with van der Waals surface area (Å²) < 4.78 is 0. The number of aromatic hydroxyl groups is 2. The van der Waals surface area contributed by atoms with Crippen molar-refractivity contribution in [2.45, 2.75) is 40.0 Å². The Bertz CT molecular complexity index is 900. The first kappa shape index (κ1) is 19.3. The van der Waals surface area contributed by atoms with Crippen molar-refractivity contribution in [3.8, 4) is 11.5 Å². The van der Waals surface area contributed by atoms with E-state index in [2.05, 4.69) is 6.92 Å². The molecule has 0 fully saturated rings. The van der Waals surface area contributed by atoms with Gasteiger partial charge >= 0.3 is 0 Å². The molecule has 3 aromatic rings. The zero-order valence-corrected chi connectivity index (χ0v) is 17.1. The van der Waals surface area contributed by atoms with Gasteiger partial charge in [0.25, 0.3) is 0 Å². The summed E-state index contributed by atoms with van der Waals surface area (Å²) in [7, 11) is 0. The van der Waals surface area contributed by atoms with Crippen molar-refractivity contribution in [2.24, 2.45) is 0 Å². The van der Waals surface area contributed by atoms with E-state index in [0.29, 0.717) is 16.5 Å². The Labute approximate surface area is 166 Å². The van der Waals surface area contributed by atoms with Crippen LogP contribution in [0.15, 0.2) is 48.5 Å². The standard InChI is InChI=1S/C24H25ClO2/c1-14-10-19(11-15(2)22(14)26)24(5,18-6-8-21(25)9-7-18)20-12-16(3)23(27)17(4)13-20/h6-13,26-27H,1-5H3. The molecule has 0 aliphatic heterocycles. The number of aryl methyl sites for hydroxylation is 4. The number of phenolic OH excluding ortho intramolecular Hbond substituents is 2. The first-order valence-electron chi connectivity index (χ1n) is 9.02. The molecule has 3 heteroatoms. The maximum absolute atomic E-state index is 10.2. The van der Waals surface area contributed by atoms with E-state index in [9.17, 15) is 10.2 Å². The van der Waals surface area contributed by atoms with E-state index in [1.165, 1.54) is 0 Å². The molecule has 0 spiro atoms. The number of rotatable bonds is 3. The van der Waals surface area contributed by atoms with Crippen molar-refractivity contribution >= 4 is 11.6 Å². The minimum atomic E-state index is -0.461. The summed E-state index contributed by atoms with van der Waals surface area (Å²) in [4.78, 5) is 0. The molecule has 0 aliphatic rings. The fraction of sp³-hybridized carbons (Fsp3) is 0.250. The lowest BCUT2D eigenvalue weighted by atomic mass is 9.70. The lowest BCUT2D eigenvalue weighted by Gasteiger charge is -2.33. The molecule has 0 saturated heterocycles. The van der Waals surface area contributed by atoms with Gasteiger partial charge < -0.3 is 10.2 Å². The minimum Gasteiger partial charge on any atom is -0.507 e. The van der Waals surface area contributed by atoms with E-state index in [0.717, 1.165) is 38.9 Å². The van der Waals surface area contributed by atoms with Crippen molar-refractivity contribution in [3.63, 3.8) is 0 Å². The Morgan fingerprint density at radius 2 is 0.963 bits per heavy atom. The van der Waals surface area contributed by atoms with Gasteiger partial charge in [-0.25, -0.2) is 0 Å². The van der Waals surface area contributed by atoms with Gasteiger partial charge in [-0.05, 0) is 85.7 Å². The summed E-state index contributed by atoms with van der Waals surface area (Å²) in [5.74, 6) is 0.658. The van der Waals surface area contributed by atoms with E-state index >= 15 is 0 Å². The molecule has 2 N–H and O–H groups in total. The molecule has 0 aliphatic carbocycles. The maximum atomic E-state index is 10.2. The van der Waals surface area contributed by atoms with Gasteiger partial charge in [0.1, 0.15) is 11.5 Å². The molecule has 27 heavy (non-hydrogen) atoms. The Balaban J connectivity index is 2.35. The molecule has 3 rings (SSSR count). The van der Waals surface area contributed by atoms with Crippen LogP contribution in [0.4, 0.5) is 0 Å². The Kier molecular flexibility index (Phi) is 4.96. The van der Waals surface area contributed by atoms with Gasteiger partial charge in [-0.1, -0.05) is 48.0 Å². The highest BCUT2D eigenvalue weighted by Crippen LogP contribution is 2.43. The number of phenols is 2. The number of hydrogen-bond donors (Lipinski definition) is 2. The molecule has 0 aromatic heterocycles. The first-order valence-corrected chi connectivity index (χ1v) is 9.39. The molecule has 0 unspecified atom stereocenters. The summed E-state index contributed by atoms with van der Waals surface area (Å²) in [5, 5.41) is 21.2. The van der Waals surface area contributed by atoms with Gasteiger partial charge in [-0.3, -0.25) is 0 Å². The average Bonchev–Trinajstić information content (AvgIpc) is 2.63. The predicted octanol–water partition coefficient (Wildman–Crippen LogP) is 6.34. The van der Waals surface area contributed by atoms with Crippen molar-refractivity contribution in [2.75, 3.05) is 0 Å². The molecule has 0 amide bonds. The third kappa shape index (κ3) is 3.30. The van der Waals surface area contributed by atoms with Gasteiger partial charge in [0.2, 0.25) is 0 Å². The van der Waals surface area contributed by atoms with Gasteiger partial charge in [0, 0.05) is 10.4 Å². The first-order chi connectivity index (χ1) is 12.6. The van der Waals surface area contributed by atoms with Gasteiger partial charge in [-0.15, -0.1) is 0 Å². The maximum Gasteiger partial charge on any atom is 0.121 e. The molecule has 2 nitrogen and oxygen atoms in total. The molecule has 0 heterocycles. The van der Waals surface area contributed by atoms with E-state index in [4.69, 9.17) is 11.6 Å². The van der Waals surface area contributed by atoms with Crippen LogP contribution in [0.3, 0.4) is 0 Å². The molecule has 0 radical (unpaired) electrons. The second kappa shape index (κ2) is 6.94. The van der Waals surface area contributed by atoms with Crippen molar-refractivity contribution in [1.29, 1.82) is 0 Å². The van der Waals surface area contributed by atoms with E-state index in [1.807, 2.05) is 76.2 Å². The normalized spacial score (nSPS) is 11.6. The Morgan fingerprint density at radius 3 is 1.30 bits per heavy atom. The van der Waals surface area contributed by atoms with E-state index in [1.54, 1.807) is 0 Å². The molecule has 0 bridgehead atoms. The molecule has 3 aromatic carbocycles. The largest absolute Gasteiger partial charge is 0.507 e. The molecular formula is C24H25ClO2. The van der Waals surface area contributed by atoms with Crippen LogP contribution >= 0.6 is 11.6 Å². The monoisotopic (exact) mass is 380 g/mol. The number of halogens is 1. The highest BCUT2D eigenvalue weighted by Gasteiger charge is 2.33. The summed E-state index contributed by atoms with van der Waals surface area (Å²) in [5.41, 5.74) is 6.19. The van der Waals surface area contributed by atoms with Crippen LogP contribution < -0.4 is 0 Å². The summed E-state index contributed by atoms with van der Waals surface area (Å²) in [6, 6.07) is 16.0. The zero-order chi connectivity index (χ0) is 19.9. The van der Waals surface area contributed by atoms with Gasteiger partial charge in [0.05, 0.1) is 0 Å². The van der Waals surface area contributed by atoms with Crippen molar-refractivity contribution < 1.29 is 10.2 Å². The smallest absolute Gasteiger partial charge is 0.121 e. The topological polar surface area (TPSA) is 40.5 Å². The van der Waals surface area contributed by atoms with Crippen LogP contribution in [-0.2, 0) is 5.41 Å². The van der Waals surface area contributed by atoms with E-state index in [-0.39, 0.29) is 0 Å². The zero-order valence-electron chi connectivity index (χ0n) is 16.4. The second-order valence-corrected chi connectivity index (χ2v) is 7.99. The van der Waals surface area contributed by atoms with Crippen LogP contribution in [0.5, 0.6) is 11.5 Å².